The summed E-state index contributed by atoms with van der Waals surface area (Å²) in [7, 11) is 0. The number of alkyl halides is 3. The molecule has 0 heterocycles. The third-order valence-corrected chi connectivity index (χ3v) is 5.31. The fraction of sp³-hybridized carbons (Fsp3) is 0.739. The Balaban J connectivity index is 3.15. The second-order valence-corrected chi connectivity index (χ2v) is 9.42. The van der Waals surface area contributed by atoms with Gasteiger partial charge in [-0.05, 0) is 49.1 Å². The van der Waals surface area contributed by atoms with Crippen molar-refractivity contribution < 1.29 is 17.7 Å². The summed E-state index contributed by atoms with van der Waals surface area (Å²) in [4.78, 5) is 0. The quantitative estimate of drug-likeness (QED) is 0.354. The lowest BCUT2D eigenvalue weighted by Crippen LogP contribution is -2.50. The molecule has 0 unspecified atom stereocenters. The molecule has 0 N–H and O–H groups in total. The van der Waals surface area contributed by atoms with Crippen LogP contribution in [0.5, 0.6) is 0 Å². The molecule has 27 heavy (non-hydrogen) atoms. The fourth-order valence-corrected chi connectivity index (χ4v) is 3.40. The van der Waals surface area contributed by atoms with Crippen LogP contribution in [0.4, 0.5) is 13.2 Å². The van der Waals surface area contributed by atoms with Crippen molar-refractivity contribution in [1.29, 1.82) is 0 Å². The molecule has 0 amide bonds. The summed E-state index contributed by atoms with van der Waals surface area (Å²) < 4.78 is 40.4. The highest BCUT2D eigenvalue weighted by Crippen LogP contribution is 2.31. The minimum absolute atomic E-state index is 0.533. The highest BCUT2D eigenvalue weighted by molar-refractivity contribution is 5.25. The highest BCUT2D eigenvalue weighted by Gasteiger charge is 2.32. The Labute approximate surface area is 164 Å². The number of quaternary nitrogens is 1. The van der Waals surface area contributed by atoms with Crippen LogP contribution in [0, 0.1) is 17.8 Å². The van der Waals surface area contributed by atoms with Gasteiger partial charge in [0.1, 0.15) is 6.54 Å². The van der Waals surface area contributed by atoms with E-state index < -0.39 is 11.7 Å². The van der Waals surface area contributed by atoms with E-state index in [2.05, 4.69) is 41.5 Å². The molecule has 0 aliphatic heterocycles. The van der Waals surface area contributed by atoms with Crippen LogP contribution in [-0.4, -0.2) is 24.1 Å². The van der Waals surface area contributed by atoms with Gasteiger partial charge in [-0.2, -0.15) is 13.2 Å². The molecule has 1 aromatic rings. The Bertz CT molecular complexity index is 516. The van der Waals surface area contributed by atoms with E-state index in [1.165, 1.54) is 12.1 Å². The van der Waals surface area contributed by atoms with Crippen LogP contribution in [0.3, 0.4) is 0 Å². The van der Waals surface area contributed by atoms with Crippen LogP contribution >= 0.6 is 0 Å². The summed E-state index contributed by atoms with van der Waals surface area (Å²) in [5.41, 5.74) is 0.274. The summed E-state index contributed by atoms with van der Waals surface area (Å²) in [6, 6.07) is 5.95. The number of halogens is 3. The van der Waals surface area contributed by atoms with Crippen LogP contribution in [-0.2, 0) is 12.7 Å². The van der Waals surface area contributed by atoms with Crippen molar-refractivity contribution >= 4 is 0 Å². The van der Waals surface area contributed by atoms with Gasteiger partial charge in [-0.3, -0.25) is 0 Å². The molecule has 1 nitrogen and oxygen atoms in total. The molecular weight excluding hydrogens is 347 g/mol. The average molecular weight is 387 g/mol. The SMILES string of the molecule is CC(C)CC[N+](CCC(C)C)(CCC(C)C)Cc1cccc(C(F)(F)F)c1. The normalized spacial score (nSPS) is 13.2. The van der Waals surface area contributed by atoms with Gasteiger partial charge in [0.05, 0.1) is 25.2 Å². The second kappa shape index (κ2) is 10.5. The summed E-state index contributed by atoms with van der Waals surface area (Å²) >= 11 is 0. The van der Waals surface area contributed by atoms with Crippen molar-refractivity contribution in [3.63, 3.8) is 0 Å². The molecule has 0 atom stereocenters. The van der Waals surface area contributed by atoms with Gasteiger partial charge in [-0.1, -0.05) is 53.7 Å². The molecule has 156 valence electrons. The molecule has 0 aliphatic rings. The van der Waals surface area contributed by atoms with Crippen molar-refractivity contribution in [1.82, 2.24) is 0 Å². The number of nitrogens with zero attached hydrogens (tertiary/aromatic N) is 1. The maximum atomic E-state index is 13.2. The van der Waals surface area contributed by atoms with Crippen molar-refractivity contribution in [2.75, 3.05) is 19.6 Å². The average Bonchev–Trinajstić information content (AvgIpc) is 2.55. The lowest BCUT2D eigenvalue weighted by atomic mass is 10.0. The topological polar surface area (TPSA) is 0 Å². The third kappa shape index (κ3) is 9.14. The fourth-order valence-electron chi connectivity index (χ4n) is 3.40. The predicted molar refractivity (Wildman–Crippen MR) is 108 cm³/mol. The summed E-state index contributed by atoms with van der Waals surface area (Å²) in [5, 5.41) is 0. The Kier molecular flexibility index (Phi) is 9.33. The zero-order valence-electron chi connectivity index (χ0n) is 18.1. The zero-order valence-corrected chi connectivity index (χ0v) is 18.1. The van der Waals surface area contributed by atoms with Crippen LogP contribution < -0.4 is 0 Å². The predicted octanol–water partition coefficient (Wildman–Crippen LogP) is 7.16. The molecular formula is C23H39F3N+. The van der Waals surface area contributed by atoms with Gasteiger partial charge in [0.2, 0.25) is 0 Å². The highest BCUT2D eigenvalue weighted by atomic mass is 19.4. The first-order valence-corrected chi connectivity index (χ1v) is 10.4. The first-order valence-electron chi connectivity index (χ1n) is 10.4. The molecule has 0 spiro atoms. The van der Waals surface area contributed by atoms with E-state index in [0.29, 0.717) is 24.3 Å². The molecule has 0 aliphatic carbocycles. The largest absolute Gasteiger partial charge is 0.416 e. The number of hydrogen-bond acceptors (Lipinski definition) is 0. The minimum atomic E-state index is -4.28. The minimum Gasteiger partial charge on any atom is -0.320 e. The first kappa shape index (κ1) is 24.0. The molecule has 1 rings (SSSR count). The van der Waals surface area contributed by atoms with E-state index in [4.69, 9.17) is 0 Å². The van der Waals surface area contributed by atoms with E-state index in [9.17, 15) is 13.2 Å². The van der Waals surface area contributed by atoms with Crippen LogP contribution in [0.2, 0.25) is 0 Å². The monoisotopic (exact) mass is 386 g/mol. The Morgan fingerprint density at radius 3 is 1.59 bits per heavy atom. The van der Waals surface area contributed by atoms with E-state index in [1.54, 1.807) is 6.07 Å². The van der Waals surface area contributed by atoms with Crippen molar-refractivity contribution in [2.45, 2.75) is 73.5 Å². The van der Waals surface area contributed by atoms with Gasteiger partial charge >= 0.3 is 6.18 Å². The van der Waals surface area contributed by atoms with Gasteiger partial charge in [0, 0.05) is 5.56 Å². The zero-order chi connectivity index (χ0) is 20.7. The summed E-state index contributed by atoms with van der Waals surface area (Å²) in [5.74, 6) is 1.80. The first-order chi connectivity index (χ1) is 12.4. The van der Waals surface area contributed by atoms with Gasteiger partial charge < -0.3 is 4.48 Å². The van der Waals surface area contributed by atoms with Gasteiger partial charge in [-0.25, -0.2) is 0 Å². The molecule has 0 aromatic heterocycles. The Hall–Kier alpha value is -1.03. The van der Waals surface area contributed by atoms with Crippen molar-refractivity contribution in [2.24, 2.45) is 17.8 Å². The van der Waals surface area contributed by atoms with Crippen LogP contribution in [0.25, 0.3) is 0 Å². The molecule has 0 saturated heterocycles. The number of rotatable bonds is 11. The second-order valence-electron chi connectivity index (χ2n) is 9.42. The van der Waals surface area contributed by atoms with Gasteiger partial charge in [0.15, 0.2) is 0 Å². The van der Waals surface area contributed by atoms with Gasteiger partial charge in [0.25, 0.3) is 0 Å². The van der Waals surface area contributed by atoms with E-state index in [0.717, 1.165) is 48.9 Å². The smallest absolute Gasteiger partial charge is 0.320 e. The number of benzene rings is 1. The molecule has 0 saturated carbocycles. The van der Waals surface area contributed by atoms with Crippen molar-refractivity contribution in [3.05, 3.63) is 35.4 Å². The molecule has 0 fully saturated rings. The summed E-state index contributed by atoms with van der Waals surface area (Å²) in [6.07, 6.45) is -0.959. The molecule has 1 aromatic carbocycles. The lowest BCUT2D eigenvalue weighted by molar-refractivity contribution is -0.942. The standard InChI is InChI=1S/C23H39F3N/c1-18(2)10-13-27(14-11-19(3)4,15-12-20(5)6)17-21-8-7-9-22(16-21)23(24,25)26/h7-9,16,18-20H,10-15,17H2,1-6H3/q+1. The number of hydrogen-bond donors (Lipinski definition) is 0. The third-order valence-electron chi connectivity index (χ3n) is 5.31. The van der Waals surface area contributed by atoms with Crippen LogP contribution in [0.15, 0.2) is 24.3 Å². The molecule has 0 bridgehead atoms. The van der Waals surface area contributed by atoms with E-state index in [1.807, 2.05) is 6.07 Å². The summed E-state index contributed by atoms with van der Waals surface area (Å²) in [6.45, 7) is 17.2. The van der Waals surface area contributed by atoms with Gasteiger partial charge in [-0.15, -0.1) is 0 Å². The molecule has 0 radical (unpaired) electrons. The molecule has 4 heteroatoms. The maximum Gasteiger partial charge on any atom is 0.416 e. The lowest BCUT2D eigenvalue weighted by Gasteiger charge is -2.41. The van der Waals surface area contributed by atoms with Crippen molar-refractivity contribution in [3.8, 4) is 0 Å². The van der Waals surface area contributed by atoms with E-state index in [-0.39, 0.29) is 0 Å². The maximum absolute atomic E-state index is 13.2. The van der Waals surface area contributed by atoms with Crippen LogP contribution in [0.1, 0.15) is 71.9 Å². The Morgan fingerprint density at radius 2 is 1.22 bits per heavy atom. The Morgan fingerprint density at radius 1 is 0.778 bits per heavy atom. The van der Waals surface area contributed by atoms with E-state index >= 15 is 0 Å².